The largest absolute Gasteiger partial charge is 0.399 e. The highest BCUT2D eigenvalue weighted by atomic mass is 16.2. The van der Waals surface area contributed by atoms with E-state index in [0.29, 0.717) is 11.4 Å². The van der Waals surface area contributed by atoms with Crippen LogP contribution >= 0.6 is 0 Å². The third-order valence-electron chi connectivity index (χ3n) is 3.41. The molecule has 1 aromatic carbocycles. The number of anilines is 2. The zero-order valence-electron chi connectivity index (χ0n) is 12.0. The fraction of sp³-hybridized carbons (Fsp3) is 0.357. The summed E-state index contributed by atoms with van der Waals surface area (Å²) in [6.45, 7) is 3.56. The molecular weight excluding hydrogens is 272 g/mol. The van der Waals surface area contributed by atoms with Crippen LogP contribution in [0.3, 0.4) is 0 Å². The molecule has 0 radical (unpaired) electrons. The van der Waals surface area contributed by atoms with Gasteiger partial charge in [-0.25, -0.2) is 0 Å². The number of amides is 3. The minimum absolute atomic E-state index is 0.0288. The van der Waals surface area contributed by atoms with Crippen LogP contribution in [0.4, 0.5) is 11.4 Å². The molecule has 1 aliphatic rings. The third-order valence-corrected chi connectivity index (χ3v) is 3.41. The standard InChI is InChI=1S/C14H18N4O3/c1-8-5-10(15)3-4-11(8)16-14(21)9(2)18-6-12(19)17-13(20)7-18/h3-5,9H,6-7,15H2,1-2H3,(H,16,21)(H,17,19,20). The predicted octanol–water partition coefficient (Wildman–Crippen LogP) is -0.137. The summed E-state index contributed by atoms with van der Waals surface area (Å²) in [4.78, 5) is 36.4. The van der Waals surface area contributed by atoms with E-state index in [9.17, 15) is 14.4 Å². The van der Waals surface area contributed by atoms with E-state index < -0.39 is 17.9 Å². The fourth-order valence-electron chi connectivity index (χ4n) is 2.16. The molecule has 2 rings (SSSR count). The lowest BCUT2D eigenvalue weighted by atomic mass is 10.1. The van der Waals surface area contributed by atoms with Crippen molar-refractivity contribution in [3.8, 4) is 0 Å². The molecule has 1 atom stereocenters. The Morgan fingerprint density at radius 1 is 1.33 bits per heavy atom. The van der Waals surface area contributed by atoms with Crippen molar-refractivity contribution in [2.24, 2.45) is 0 Å². The van der Waals surface area contributed by atoms with Gasteiger partial charge in [-0.3, -0.25) is 24.6 Å². The van der Waals surface area contributed by atoms with Crippen LogP contribution in [0, 0.1) is 6.92 Å². The summed E-state index contributed by atoms with van der Waals surface area (Å²) in [5.41, 5.74) is 7.80. The second-order valence-electron chi connectivity index (χ2n) is 5.12. The molecule has 1 aliphatic heterocycles. The summed E-state index contributed by atoms with van der Waals surface area (Å²) >= 11 is 0. The van der Waals surface area contributed by atoms with Gasteiger partial charge in [0.1, 0.15) is 0 Å². The van der Waals surface area contributed by atoms with Crippen molar-refractivity contribution in [3.05, 3.63) is 23.8 Å². The number of hydrogen-bond donors (Lipinski definition) is 3. The van der Waals surface area contributed by atoms with Gasteiger partial charge >= 0.3 is 0 Å². The summed E-state index contributed by atoms with van der Waals surface area (Å²) in [6.07, 6.45) is 0. The number of nitrogen functional groups attached to an aromatic ring is 1. The monoisotopic (exact) mass is 290 g/mol. The van der Waals surface area contributed by atoms with Crippen LogP contribution in [-0.2, 0) is 14.4 Å². The van der Waals surface area contributed by atoms with Crippen molar-refractivity contribution in [2.75, 3.05) is 24.1 Å². The number of nitrogens with two attached hydrogens (primary N) is 1. The molecule has 0 aliphatic carbocycles. The maximum absolute atomic E-state index is 12.2. The average Bonchev–Trinajstić information content (AvgIpc) is 2.40. The van der Waals surface area contributed by atoms with Gasteiger partial charge < -0.3 is 11.1 Å². The van der Waals surface area contributed by atoms with E-state index in [0.717, 1.165) is 5.56 Å². The quantitative estimate of drug-likeness (QED) is 0.531. The van der Waals surface area contributed by atoms with Crippen LogP contribution in [0.15, 0.2) is 18.2 Å². The molecule has 1 aromatic rings. The lowest BCUT2D eigenvalue weighted by molar-refractivity contribution is -0.138. The van der Waals surface area contributed by atoms with Gasteiger partial charge in [0.25, 0.3) is 0 Å². The molecule has 0 spiro atoms. The van der Waals surface area contributed by atoms with Crippen LogP contribution in [-0.4, -0.2) is 41.8 Å². The minimum atomic E-state index is -0.586. The molecule has 3 amide bonds. The lowest BCUT2D eigenvalue weighted by Crippen LogP contribution is -2.56. The number of hydrogen-bond acceptors (Lipinski definition) is 5. The molecule has 21 heavy (non-hydrogen) atoms. The number of aryl methyl sites for hydroxylation is 1. The summed E-state index contributed by atoms with van der Waals surface area (Å²) < 4.78 is 0. The number of carbonyl (C=O) groups excluding carboxylic acids is 3. The first-order valence-electron chi connectivity index (χ1n) is 6.60. The van der Waals surface area contributed by atoms with Crippen molar-refractivity contribution in [2.45, 2.75) is 19.9 Å². The van der Waals surface area contributed by atoms with Gasteiger partial charge in [-0.15, -0.1) is 0 Å². The van der Waals surface area contributed by atoms with E-state index in [-0.39, 0.29) is 19.0 Å². The molecule has 4 N–H and O–H groups in total. The number of imide groups is 1. The summed E-state index contributed by atoms with van der Waals surface area (Å²) in [5, 5.41) is 4.99. The van der Waals surface area contributed by atoms with Gasteiger partial charge in [-0.1, -0.05) is 0 Å². The van der Waals surface area contributed by atoms with Crippen LogP contribution in [0.1, 0.15) is 12.5 Å². The SMILES string of the molecule is Cc1cc(N)ccc1NC(=O)C(C)N1CC(=O)NC(=O)C1. The van der Waals surface area contributed by atoms with E-state index in [4.69, 9.17) is 5.73 Å². The van der Waals surface area contributed by atoms with Crippen molar-refractivity contribution >= 4 is 29.1 Å². The molecule has 0 saturated carbocycles. The minimum Gasteiger partial charge on any atom is -0.399 e. The summed E-state index contributed by atoms with van der Waals surface area (Å²) in [7, 11) is 0. The average molecular weight is 290 g/mol. The Morgan fingerprint density at radius 3 is 2.52 bits per heavy atom. The smallest absolute Gasteiger partial charge is 0.241 e. The summed E-state index contributed by atoms with van der Waals surface area (Å²) in [6, 6.07) is 4.60. The van der Waals surface area contributed by atoms with Gasteiger partial charge in [0, 0.05) is 11.4 Å². The Bertz CT molecular complexity index is 584. The van der Waals surface area contributed by atoms with Gasteiger partial charge in [-0.05, 0) is 37.6 Å². The zero-order valence-corrected chi connectivity index (χ0v) is 12.0. The van der Waals surface area contributed by atoms with Crippen molar-refractivity contribution in [1.82, 2.24) is 10.2 Å². The third kappa shape index (κ3) is 3.57. The van der Waals surface area contributed by atoms with Gasteiger partial charge in [-0.2, -0.15) is 0 Å². The Kier molecular flexibility index (Phi) is 4.23. The number of nitrogens with one attached hydrogen (secondary N) is 2. The number of rotatable bonds is 3. The number of carbonyl (C=O) groups is 3. The normalized spacial score (nSPS) is 17.2. The number of piperazine rings is 1. The highest BCUT2D eigenvalue weighted by molar-refractivity contribution is 6.01. The van der Waals surface area contributed by atoms with Crippen LogP contribution < -0.4 is 16.4 Å². The second-order valence-corrected chi connectivity index (χ2v) is 5.12. The molecule has 7 nitrogen and oxygen atoms in total. The maximum Gasteiger partial charge on any atom is 0.241 e. The Hall–Kier alpha value is -2.41. The molecule has 0 bridgehead atoms. The topological polar surface area (TPSA) is 105 Å². The van der Waals surface area contributed by atoms with Crippen LogP contribution in [0.5, 0.6) is 0 Å². The molecule has 1 unspecified atom stereocenters. The Labute approximate surface area is 122 Å². The first-order chi connectivity index (χ1) is 9.86. The predicted molar refractivity (Wildman–Crippen MR) is 78.4 cm³/mol. The molecule has 0 aromatic heterocycles. The van der Waals surface area contributed by atoms with E-state index in [2.05, 4.69) is 10.6 Å². The Balaban J connectivity index is 2.05. The van der Waals surface area contributed by atoms with E-state index in [1.165, 1.54) is 4.90 Å². The molecule has 1 saturated heterocycles. The number of benzene rings is 1. The molecule has 1 heterocycles. The highest BCUT2D eigenvalue weighted by Gasteiger charge is 2.29. The van der Waals surface area contributed by atoms with Crippen molar-refractivity contribution in [3.63, 3.8) is 0 Å². The second kappa shape index (κ2) is 5.92. The van der Waals surface area contributed by atoms with E-state index in [1.807, 2.05) is 6.92 Å². The Morgan fingerprint density at radius 2 is 1.95 bits per heavy atom. The first kappa shape index (κ1) is 15.0. The molecule has 7 heteroatoms. The van der Waals surface area contributed by atoms with E-state index in [1.54, 1.807) is 25.1 Å². The lowest BCUT2D eigenvalue weighted by Gasteiger charge is -2.30. The summed E-state index contributed by atoms with van der Waals surface area (Å²) in [5.74, 6) is -1.06. The molecular formula is C14H18N4O3. The van der Waals surface area contributed by atoms with Crippen LogP contribution in [0.2, 0.25) is 0 Å². The van der Waals surface area contributed by atoms with Crippen molar-refractivity contribution in [1.29, 1.82) is 0 Å². The fourth-order valence-corrected chi connectivity index (χ4v) is 2.16. The zero-order chi connectivity index (χ0) is 15.6. The van der Waals surface area contributed by atoms with Gasteiger partial charge in [0.2, 0.25) is 17.7 Å². The molecule has 1 fully saturated rings. The highest BCUT2D eigenvalue weighted by Crippen LogP contribution is 2.18. The molecule has 112 valence electrons. The number of nitrogens with zero attached hydrogens (tertiary/aromatic N) is 1. The van der Waals surface area contributed by atoms with Crippen molar-refractivity contribution < 1.29 is 14.4 Å². The van der Waals surface area contributed by atoms with E-state index >= 15 is 0 Å². The van der Waals surface area contributed by atoms with Crippen LogP contribution in [0.25, 0.3) is 0 Å². The maximum atomic E-state index is 12.2. The first-order valence-corrected chi connectivity index (χ1v) is 6.60. The van der Waals surface area contributed by atoms with Gasteiger partial charge in [0.15, 0.2) is 0 Å². The van der Waals surface area contributed by atoms with Gasteiger partial charge in [0.05, 0.1) is 19.1 Å².